The molecule has 2 aromatic rings. The lowest BCUT2D eigenvalue weighted by molar-refractivity contribution is -0.124. The van der Waals surface area contributed by atoms with E-state index in [1.54, 1.807) is 4.90 Å². The first kappa shape index (κ1) is 29.9. The normalized spacial score (nSPS) is 22.2. The van der Waals surface area contributed by atoms with Gasteiger partial charge in [-0.1, -0.05) is 80.6 Å². The molecule has 2 N–H and O–H groups in total. The van der Waals surface area contributed by atoms with Crippen LogP contribution in [0.1, 0.15) is 56.1 Å². The number of urea groups is 1. The van der Waals surface area contributed by atoms with Gasteiger partial charge in [-0.15, -0.1) is 0 Å². The van der Waals surface area contributed by atoms with Crippen LogP contribution in [0.5, 0.6) is 5.75 Å². The Morgan fingerprint density at radius 1 is 1.02 bits per heavy atom. The van der Waals surface area contributed by atoms with Crippen molar-refractivity contribution in [1.29, 1.82) is 5.26 Å². The van der Waals surface area contributed by atoms with E-state index in [9.17, 15) is 14.9 Å². The van der Waals surface area contributed by atoms with E-state index >= 15 is 0 Å². The smallest absolute Gasteiger partial charge is 0.318 e. The van der Waals surface area contributed by atoms with Crippen LogP contribution in [0.25, 0.3) is 0 Å². The number of likely N-dealkylation sites (tertiary alicyclic amines) is 1. The highest BCUT2D eigenvalue weighted by Gasteiger charge is 2.42. The van der Waals surface area contributed by atoms with Gasteiger partial charge in [0.15, 0.2) is 0 Å². The number of carbonyl (C=O) groups is 2. The van der Waals surface area contributed by atoms with Crippen molar-refractivity contribution in [2.75, 3.05) is 39.4 Å². The molecule has 3 fully saturated rings. The third-order valence-electron chi connectivity index (χ3n) is 8.73. The maximum Gasteiger partial charge on any atom is 0.318 e. The van der Waals surface area contributed by atoms with Crippen LogP contribution in [0, 0.1) is 17.2 Å². The van der Waals surface area contributed by atoms with Gasteiger partial charge in [0.2, 0.25) is 5.91 Å². The van der Waals surface area contributed by atoms with Crippen molar-refractivity contribution in [2.45, 2.75) is 69.7 Å². The Morgan fingerprint density at radius 3 is 2.52 bits per heavy atom. The number of hydrogen-bond acceptors (Lipinski definition) is 6. The van der Waals surface area contributed by atoms with Crippen molar-refractivity contribution in [2.24, 2.45) is 5.92 Å². The minimum atomic E-state index is -1.01. The predicted molar refractivity (Wildman–Crippen MR) is 160 cm³/mol. The van der Waals surface area contributed by atoms with Gasteiger partial charge in [0, 0.05) is 38.3 Å². The minimum absolute atomic E-state index is 0.236. The molecular formula is C33H43N5O4. The van der Waals surface area contributed by atoms with Crippen LogP contribution >= 0.6 is 0 Å². The second-order valence-corrected chi connectivity index (χ2v) is 11.9. The van der Waals surface area contributed by atoms with Gasteiger partial charge in [-0.2, -0.15) is 5.26 Å². The molecule has 1 aliphatic carbocycles. The predicted octanol–water partition coefficient (Wildman–Crippen LogP) is 4.23. The highest BCUT2D eigenvalue weighted by molar-refractivity contribution is 5.88. The second kappa shape index (κ2) is 14.5. The molecule has 2 saturated heterocycles. The molecule has 224 valence electrons. The quantitative estimate of drug-likeness (QED) is 0.441. The molecular weight excluding hydrogens is 530 g/mol. The van der Waals surface area contributed by atoms with Gasteiger partial charge in [0.1, 0.15) is 23.9 Å². The SMILES string of the molecule is N#CC1(NC(=O)C(CC2CCCCC2)NC(=O)N2CCOCC2)CCN(Cc2ccccc2OCc2ccccc2)C1. The monoisotopic (exact) mass is 573 g/mol. The van der Waals surface area contributed by atoms with Crippen LogP contribution < -0.4 is 15.4 Å². The van der Waals surface area contributed by atoms with Crippen LogP contribution in [0.4, 0.5) is 4.79 Å². The summed E-state index contributed by atoms with van der Waals surface area (Å²) in [6, 6.07) is 19.6. The largest absolute Gasteiger partial charge is 0.489 e. The first-order valence-electron chi connectivity index (χ1n) is 15.4. The van der Waals surface area contributed by atoms with E-state index in [1.807, 2.05) is 54.6 Å². The third-order valence-corrected chi connectivity index (χ3v) is 8.73. The number of nitriles is 1. The van der Waals surface area contributed by atoms with Crippen LogP contribution in [0.3, 0.4) is 0 Å². The van der Waals surface area contributed by atoms with E-state index in [0.717, 1.165) is 42.6 Å². The highest BCUT2D eigenvalue weighted by Crippen LogP contribution is 2.29. The Bertz CT molecular complexity index is 1220. The molecule has 2 aliphatic heterocycles. The summed E-state index contributed by atoms with van der Waals surface area (Å²) >= 11 is 0. The van der Waals surface area contributed by atoms with E-state index in [1.165, 1.54) is 6.42 Å². The molecule has 3 amide bonds. The van der Waals surface area contributed by atoms with Crippen LogP contribution in [-0.4, -0.2) is 72.7 Å². The number of morpholine rings is 1. The molecule has 0 bridgehead atoms. The number of carbonyl (C=O) groups excluding carboxylic acids is 2. The van der Waals surface area contributed by atoms with E-state index in [0.29, 0.717) is 71.3 Å². The minimum Gasteiger partial charge on any atom is -0.489 e. The number of nitrogens with zero attached hydrogens (tertiary/aromatic N) is 3. The lowest BCUT2D eigenvalue weighted by Crippen LogP contribution is -2.58. The van der Waals surface area contributed by atoms with Gasteiger partial charge in [0.25, 0.3) is 0 Å². The van der Waals surface area contributed by atoms with Gasteiger partial charge in [-0.3, -0.25) is 9.69 Å². The molecule has 9 heteroatoms. The molecule has 5 rings (SSSR count). The van der Waals surface area contributed by atoms with E-state index in [2.05, 4.69) is 21.6 Å². The molecule has 0 spiro atoms. The summed E-state index contributed by atoms with van der Waals surface area (Å²) in [5.74, 6) is 0.945. The lowest BCUT2D eigenvalue weighted by atomic mass is 9.84. The van der Waals surface area contributed by atoms with Crippen molar-refractivity contribution < 1.29 is 19.1 Å². The average Bonchev–Trinajstić information content (AvgIpc) is 3.44. The number of nitrogens with one attached hydrogen (secondary N) is 2. The van der Waals surface area contributed by atoms with Gasteiger partial charge in [-0.25, -0.2) is 4.79 Å². The van der Waals surface area contributed by atoms with Gasteiger partial charge in [-0.05, 0) is 30.4 Å². The Balaban J connectivity index is 1.22. The third kappa shape index (κ3) is 8.02. The number of ether oxygens (including phenoxy) is 2. The van der Waals surface area contributed by atoms with Crippen molar-refractivity contribution in [3.8, 4) is 11.8 Å². The molecule has 2 heterocycles. The van der Waals surface area contributed by atoms with E-state index < -0.39 is 11.6 Å². The number of amides is 3. The van der Waals surface area contributed by atoms with Gasteiger partial charge < -0.3 is 25.0 Å². The number of benzene rings is 2. The lowest BCUT2D eigenvalue weighted by Gasteiger charge is -2.32. The Kier molecular flexibility index (Phi) is 10.3. The van der Waals surface area contributed by atoms with Crippen molar-refractivity contribution in [3.63, 3.8) is 0 Å². The van der Waals surface area contributed by atoms with Crippen molar-refractivity contribution in [3.05, 3.63) is 65.7 Å². The first-order valence-corrected chi connectivity index (χ1v) is 15.4. The fourth-order valence-corrected chi connectivity index (χ4v) is 6.31. The number of rotatable bonds is 10. The maximum atomic E-state index is 13.7. The zero-order valence-electron chi connectivity index (χ0n) is 24.4. The fraction of sp³-hybridized carbons (Fsp3) is 0.545. The zero-order valence-corrected chi connectivity index (χ0v) is 24.4. The summed E-state index contributed by atoms with van der Waals surface area (Å²) < 4.78 is 11.5. The van der Waals surface area contributed by atoms with Crippen LogP contribution in [-0.2, 0) is 22.7 Å². The second-order valence-electron chi connectivity index (χ2n) is 11.9. The molecule has 0 radical (unpaired) electrons. The van der Waals surface area contributed by atoms with Crippen molar-refractivity contribution >= 4 is 11.9 Å². The molecule has 2 unspecified atom stereocenters. The molecule has 2 aromatic carbocycles. The summed E-state index contributed by atoms with van der Waals surface area (Å²) in [6.07, 6.45) is 6.80. The van der Waals surface area contributed by atoms with Crippen LogP contribution in [0.15, 0.2) is 54.6 Å². The van der Waals surface area contributed by atoms with E-state index in [4.69, 9.17) is 9.47 Å². The summed E-state index contributed by atoms with van der Waals surface area (Å²) in [6.45, 7) is 4.21. The Morgan fingerprint density at radius 2 is 1.76 bits per heavy atom. The highest BCUT2D eigenvalue weighted by atomic mass is 16.5. The molecule has 2 atom stereocenters. The molecule has 42 heavy (non-hydrogen) atoms. The maximum absolute atomic E-state index is 13.7. The Labute approximate surface area is 249 Å². The van der Waals surface area contributed by atoms with Gasteiger partial charge in [0.05, 0.1) is 19.3 Å². The molecule has 3 aliphatic rings. The number of hydrogen-bond donors (Lipinski definition) is 2. The summed E-state index contributed by atoms with van der Waals surface area (Å²) in [5.41, 5.74) is 1.13. The topological polar surface area (TPSA) is 107 Å². The molecule has 9 nitrogen and oxygen atoms in total. The number of para-hydroxylation sites is 1. The summed E-state index contributed by atoms with van der Waals surface area (Å²) in [4.78, 5) is 30.7. The standard InChI is InChI=1S/C33H43N5O4/c34-24-33(15-16-37(25-33)22-28-13-7-8-14-30(28)42-23-27-11-5-2-6-12-27)36-31(39)29(21-26-9-3-1-4-10-26)35-32(40)38-17-19-41-20-18-38/h2,5-8,11-14,26,29H,1,3-4,9-10,15-23,25H2,(H,35,40)(H,36,39). The van der Waals surface area contributed by atoms with Crippen molar-refractivity contribution in [1.82, 2.24) is 20.4 Å². The average molecular weight is 574 g/mol. The summed E-state index contributed by atoms with van der Waals surface area (Å²) in [5, 5.41) is 16.4. The molecule has 0 aromatic heterocycles. The summed E-state index contributed by atoms with van der Waals surface area (Å²) in [7, 11) is 0. The van der Waals surface area contributed by atoms with Crippen LogP contribution in [0.2, 0.25) is 0 Å². The first-order chi connectivity index (χ1) is 20.5. The Hall–Kier alpha value is -3.61. The molecule has 1 saturated carbocycles. The van der Waals surface area contributed by atoms with Gasteiger partial charge >= 0.3 is 6.03 Å². The van der Waals surface area contributed by atoms with E-state index in [-0.39, 0.29) is 11.9 Å². The zero-order chi connectivity index (χ0) is 29.2. The fourth-order valence-electron chi connectivity index (χ4n) is 6.31.